The van der Waals surface area contributed by atoms with E-state index < -0.39 is 0 Å². The Bertz CT molecular complexity index is 550. The van der Waals surface area contributed by atoms with Gasteiger partial charge < -0.3 is 15.0 Å². The monoisotopic (exact) mass is 318 g/mol. The number of rotatable bonds is 4. The molecule has 1 unspecified atom stereocenters. The number of hydrogen-bond acceptors (Lipinski definition) is 5. The molecule has 2 aliphatic heterocycles. The summed E-state index contributed by atoms with van der Waals surface area (Å²) in [4.78, 5) is 23.4. The van der Waals surface area contributed by atoms with E-state index in [1.807, 2.05) is 11.8 Å². The first kappa shape index (κ1) is 16.2. The molecule has 0 aliphatic carbocycles. The number of ether oxygens (including phenoxy) is 1. The lowest BCUT2D eigenvalue weighted by Gasteiger charge is -2.30. The number of amides is 1. The minimum absolute atomic E-state index is 0.0163. The fourth-order valence-corrected chi connectivity index (χ4v) is 3.14. The molecule has 0 aromatic carbocycles. The zero-order valence-corrected chi connectivity index (χ0v) is 14.0. The zero-order valence-electron chi connectivity index (χ0n) is 14.0. The average Bonchev–Trinajstić information content (AvgIpc) is 3.06. The van der Waals surface area contributed by atoms with Gasteiger partial charge in [-0.05, 0) is 44.6 Å². The molecule has 2 aliphatic rings. The first-order valence-electron chi connectivity index (χ1n) is 8.62. The summed E-state index contributed by atoms with van der Waals surface area (Å²) in [6.45, 7) is 7.30. The maximum Gasteiger partial charge on any atom is 0.272 e. The second kappa shape index (κ2) is 7.25. The molecule has 23 heavy (non-hydrogen) atoms. The molecule has 2 fully saturated rings. The molecule has 0 radical (unpaired) electrons. The number of carbonyl (C=O) groups is 1. The SMILES string of the molecule is Cc1cc(C(=O)N2CCC(C)CC2)nc(NCC2CCCO2)n1. The van der Waals surface area contributed by atoms with E-state index in [0.29, 0.717) is 24.1 Å². The van der Waals surface area contributed by atoms with E-state index in [2.05, 4.69) is 22.2 Å². The van der Waals surface area contributed by atoms with Gasteiger partial charge in [0.25, 0.3) is 5.91 Å². The van der Waals surface area contributed by atoms with E-state index in [1.54, 1.807) is 6.07 Å². The van der Waals surface area contributed by atoms with Gasteiger partial charge in [-0.25, -0.2) is 9.97 Å². The number of carbonyl (C=O) groups excluding carboxylic acids is 1. The van der Waals surface area contributed by atoms with Crippen LogP contribution >= 0.6 is 0 Å². The van der Waals surface area contributed by atoms with Crippen LogP contribution in [0.4, 0.5) is 5.95 Å². The molecule has 0 spiro atoms. The Morgan fingerprint density at radius 1 is 1.35 bits per heavy atom. The largest absolute Gasteiger partial charge is 0.376 e. The molecule has 2 saturated heterocycles. The highest BCUT2D eigenvalue weighted by molar-refractivity contribution is 5.92. The first-order valence-corrected chi connectivity index (χ1v) is 8.62. The third-order valence-electron chi connectivity index (χ3n) is 4.66. The fourth-order valence-electron chi connectivity index (χ4n) is 3.14. The molecule has 3 heterocycles. The highest BCUT2D eigenvalue weighted by atomic mass is 16.5. The predicted octanol–water partition coefficient (Wildman–Crippen LogP) is 2.25. The number of anilines is 1. The Balaban J connectivity index is 1.65. The van der Waals surface area contributed by atoms with Crippen molar-refractivity contribution < 1.29 is 9.53 Å². The van der Waals surface area contributed by atoms with Gasteiger partial charge in [-0.15, -0.1) is 0 Å². The maximum absolute atomic E-state index is 12.7. The van der Waals surface area contributed by atoms with Gasteiger partial charge >= 0.3 is 0 Å². The van der Waals surface area contributed by atoms with E-state index in [-0.39, 0.29) is 12.0 Å². The zero-order chi connectivity index (χ0) is 16.2. The van der Waals surface area contributed by atoms with Crippen molar-refractivity contribution in [2.45, 2.75) is 45.6 Å². The number of hydrogen-bond donors (Lipinski definition) is 1. The molecule has 0 bridgehead atoms. The van der Waals surface area contributed by atoms with Crippen LogP contribution in [-0.2, 0) is 4.74 Å². The number of likely N-dealkylation sites (tertiary alicyclic amines) is 1. The smallest absolute Gasteiger partial charge is 0.272 e. The van der Waals surface area contributed by atoms with E-state index in [1.165, 1.54) is 0 Å². The van der Waals surface area contributed by atoms with E-state index >= 15 is 0 Å². The van der Waals surface area contributed by atoms with Crippen LogP contribution in [0.15, 0.2) is 6.07 Å². The van der Waals surface area contributed by atoms with Gasteiger partial charge in [0.15, 0.2) is 0 Å². The normalized spacial score (nSPS) is 22.3. The number of aromatic nitrogens is 2. The van der Waals surface area contributed by atoms with Crippen molar-refractivity contribution in [2.24, 2.45) is 5.92 Å². The van der Waals surface area contributed by atoms with Gasteiger partial charge in [0, 0.05) is 31.9 Å². The van der Waals surface area contributed by atoms with Crippen molar-refractivity contribution >= 4 is 11.9 Å². The Hall–Kier alpha value is -1.69. The van der Waals surface area contributed by atoms with Crippen molar-refractivity contribution in [3.05, 3.63) is 17.5 Å². The number of nitrogens with zero attached hydrogens (tertiary/aromatic N) is 3. The standard InChI is InChI=1S/C17H26N4O2/c1-12-5-7-21(8-6-12)16(22)15-10-13(2)19-17(20-15)18-11-14-4-3-9-23-14/h10,12,14H,3-9,11H2,1-2H3,(H,18,19,20). The van der Waals surface area contributed by atoms with Gasteiger partial charge in [-0.2, -0.15) is 0 Å². The molecule has 1 amide bonds. The van der Waals surface area contributed by atoms with Crippen molar-refractivity contribution in [1.29, 1.82) is 0 Å². The van der Waals surface area contributed by atoms with Crippen LogP contribution in [0.5, 0.6) is 0 Å². The fraction of sp³-hybridized carbons (Fsp3) is 0.706. The Kier molecular flexibility index (Phi) is 5.10. The molecule has 1 aromatic rings. The molecule has 6 heteroatoms. The van der Waals surface area contributed by atoms with Crippen LogP contribution in [0.2, 0.25) is 0 Å². The minimum Gasteiger partial charge on any atom is -0.376 e. The van der Waals surface area contributed by atoms with Crippen LogP contribution < -0.4 is 5.32 Å². The molecule has 0 saturated carbocycles. The maximum atomic E-state index is 12.7. The first-order chi connectivity index (χ1) is 11.1. The van der Waals surface area contributed by atoms with Crippen LogP contribution in [0, 0.1) is 12.8 Å². The lowest BCUT2D eigenvalue weighted by molar-refractivity contribution is 0.0691. The highest BCUT2D eigenvalue weighted by Crippen LogP contribution is 2.18. The van der Waals surface area contributed by atoms with Crippen LogP contribution in [0.25, 0.3) is 0 Å². The number of nitrogens with one attached hydrogen (secondary N) is 1. The lowest BCUT2D eigenvalue weighted by Crippen LogP contribution is -2.38. The molecule has 6 nitrogen and oxygen atoms in total. The third kappa shape index (κ3) is 4.19. The Morgan fingerprint density at radius 2 is 2.13 bits per heavy atom. The van der Waals surface area contributed by atoms with Crippen molar-refractivity contribution in [3.8, 4) is 0 Å². The molecule has 1 aromatic heterocycles. The molecule has 126 valence electrons. The number of piperidine rings is 1. The second-order valence-electron chi connectivity index (χ2n) is 6.71. The molecule has 1 atom stereocenters. The Morgan fingerprint density at radius 3 is 2.83 bits per heavy atom. The summed E-state index contributed by atoms with van der Waals surface area (Å²) >= 11 is 0. The highest BCUT2D eigenvalue weighted by Gasteiger charge is 2.23. The molecular weight excluding hydrogens is 292 g/mol. The average molecular weight is 318 g/mol. The summed E-state index contributed by atoms with van der Waals surface area (Å²) in [5.41, 5.74) is 1.30. The van der Waals surface area contributed by atoms with Gasteiger partial charge in [-0.1, -0.05) is 6.92 Å². The summed E-state index contributed by atoms with van der Waals surface area (Å²) in [7, 11) is 0. The van der Waals surface area contributed by atoms with E-state index in [4.69, 9.17) is 4.74 Å². The predicted molar refractivity (Wildman–Crippen MR) is 88.5 cm³/mol. The number of aryl methyl sites for hydroxylation is 1. The summed E-state index contributed by atoms with van der Waals surface area (Å²) in [5, 5.41) is 3.21. The minimum atomic E-state index is 0.0163. The topological polar surface area (TPSA) is 67.4 Å². The molecular formula is C17H26N4O2. The van der Waals surface area contributed by atoms with E-state index in [9.17, 15) is 4.79 Å². The van der Waals surface area contributed by atoms with Crippen molar-refractivity contribution in [3.63, 3.8) is 0 Å². The van der Waals surface area contributed by atoms with Crippen molar-refractivity contribution in [2.75, 3.05) is 31.6 Å². The van der Waals surface area contributed by atoms with Crippen molar-refractivity contribution in [1.82, 2.24) is 14.9 Å². The Labute approximate surface area is 137 Å². The summed E-state index contributed by atoms with van der Waals surface area (Å²) in [6, 6.07) is 1.78. The van der Waals surface area contributed by atoms with Crippen LogP contribution in [-0.4, -0.2) is 53.1 Å². The molecule has 1 N–H and O–H groups in total. The summed E-state index contributed by atoms with van der Waals surface area (Å²) in [6.07, 6.45) is 4.54. The van der Waals surface area contributed by atoms with Crippen LogP contribution in [0.3, 0.4) is 0 Å². The molecule has 3 rings (SSSR count). The third-order valence-corrected chi connectivity index (χ3v) is 4.66. The van der Waals surface area contributed by atoms with Gasteiger partial charge in [0.1, 0.15) is 5.69 Å². The quantitative estimate of drug-likeness (QED) is 0.922. The summed E-state index contributed by atoms with van der Waals surface area (Å²) in [5.74, 6) is 1.24. The lowest BCUT2D eigenvalue weighted by atomic mass is 9.99. The van der Waals surface area contributed by atoms with E-state index in [0.717, 1.165) is 51.1 Å². The van der Waals surface area contributed by atoms with Crippen LogP contribution in [0.1, 0.15) is 48.8 Å². The second-order valence-corrected chi connectivity index (χ2v) is 6.71. The van der Waals surface area contributed by atoms with Gasteiger partial charge in [0.2, 0.25) is 5.95 Å². The van der Waals surface area contributed by atoms with Gasteiger partial charge in [-0.3, -0.25) is 4.79 Å². The summed E-state index contributed by atoms with van der Waals surface area (Å²) < 4.78 is 5.59. The van der Waals surface area contributed by atoms with Gasteiger partial charge in [0.05, 0.1) is 6.10 Å².